The quantitative estimate of drug-likeness (QED) is 0.921. The maximum atomic E-state index is 12.8. The molecule has 2 aromatic heterocycles. The number of aryl methyl sites for hydroxylation is 2. The highest BCUT2D eigenvalue weighted by Gasteiger charge is 2.23. The van der Waals surface area contributed by atoms with E-state index in [1.165, 1.54) is 0 Å². The normalized spacial score (nSPS) is 17.7. The predicted molar refractivity (Wildman–Crippen MR) is 94.0 cm³/mol. The van der Waals surface area contributed by atoms with Crippen LogP contribution in [0.1, 0.15) is 60.0 Å². The Kier molecular flexibility index (Phi) is 5.13. The van der Waals surface area contributed by atoms with Crippen LogP contribution in [0.25, 0.3) is 5.95 Å². The van der Waals surface area contributed by atoms with E-state index in [0.717, 1.165) is 36.5 Å². The number of amides is 1. The lowest BCUT2D eigenvalue weighted by atomic mass is 10.0. The van der Waals surface area contributed by atoms with E-state index in [0.29, 0.717) is 18.1 Å². The second-order valence-corrected chi connectivity index (χ2v) is 6.87. The molecule has 134 valence electrons. The maximum Gasteiger partial charge on any atom is 0.255 e. The molecule has 0 aliphatic carbocycles. The third-order valence-corrected chi connectivity index (χ3v) is 4.21. The predicted octanol–water partition coefficient (Wildman–Crippen LogP) is 2.31. The minimum Gasteiger partial charge on any atom is -0.379 e. The Morgan fingerprint density at radius 2 is 2.04 bits per heavy atom. The molecule has 7 heteroatoms. The smallest absolute Gasteiger partial charge is 0.255 e. The van der Waals surface area contributed by atoms with Crippen LogP contribution < -0.4 is 5.32 Å². The minimum absolute atomic E-state index is 0.0575. The Labute approximate surface area is 147 Å². The summed E-state index contributed by atoms with van der Waals surface area (Å²) < 4.78 is 7.04. The summed E-state index contributed by atoms with van der Waals surface area (Å²) in [6.45, 7) is 9.22. The summed E-state index contributed by atoms with van der Waals surface area (Å²) in [5.41, 5.74) is 3.06. The summed E-state index contributed by atoms with van der Waals surface area (Å²) in [5.74, 6) is 0.491. The Morgan fingerprint density at radius 1 is 1.32 bits per heavy atom. The number of rotatable bonds is 4. The van der Waals surface area contributed by atoms with Gasteiger partial charge in [-0.2, -0.15) is 5.10 Å². The first kappa shape index (κ1) is 17.5. The van der Waals surface area contributed by atoms with Crippen LogP contribution >= 0.6 is 0 Å². The number of hydrogen-bond acceptors (Lipinski definition) is 5. The van der Waals surface area contributed by atoms with E-state index in [9.17, 15) is 4.79 Å². The topological polar surface area (TPSA) is 81.9 Å². The average Bonchev–Trinajstić information content (AvgIpc) is 3.00. The van der Waals surface area contributed by atoms with Gasteiger partial charge in [0.25, 0.3) is 11.9 Å². The highest BCUT2D eigenvalue weighted by atomic mass is 16.5. The van der Waals surface area contributed by atoms with Crippen molar-refractivity contribution in [3.8, 4) is 5.95 Å². The Morgan fingerprint density at radius 3 is 2.64 bits per heavy atom. The molecule has 2 aromatic rings. The molecule has 1 atom stereocenters. The standard InChI is InChI=1S/C18H25N5O2/c1-11(2)16-15(17(24)21-14-6-5-7-25-10-14)9-23(22-16)18-19-12(3)8-13(4)20-18/h8-9,11,14H,5-7,10H2,1-4H3,(H,21,24)/t14-/m0/s1. The molecule has 1 aliphatic rings. The molecule has 3 rings (SSSR count). The maximum absolute atomic E-state index is 12.8. The number of carbonyl (C=O) groups is 1. The van der Waals surface area contributed by atoms with Gasteiger partial charge in [-0.25, -0.2) is 14.6 Å². The van der Waals surface area contributed by atoms with E-state index in [2.05, 4.69) is 20.4 Å². The first-order chi connectivity index (χ1) is 11.9. The summed E-state index contributed by atoms with van der Waals surface area (Å²) >= 11 is 0. The fourth-order valence-corrected chi connectivity index (χ4v) is 3.02. The van der Waals surface area contributed by atoms with Gasteiger partial charge in [0.15, 0.2) is 0 Å². The molecule has 0 unspecified atom stereocenters. The molecule has 1 N–H and O–H groups in total. The Balaban J connectivity index is 1.90. The average molecular weight is 343 g/mol. The van der Waals surface area contributed by atoms with Crippen molar-refractivity contribution in [1.82, 2.24) is 25.1 Å². The molecular formula is C18H25N5O2. The van der Waals surface area contributed by atoms with Crippen molar-refractivity contribution in [3.05, 3.63) is 34.9 Å². The zero-order valence-corrected chi connectivity index (χ0v) is 15.2. The molecular weight excluding hydrogens is 318 g/mol. The van der Waals surface area contributed by atoms with Crippen LogP contribution in [0.5, 0.6) is 0 Å². The third kappa shape index (κ3) is 4.04. The van der Waals surface area contributed by atoms with Gasteiger partial charge in [-0.15, -0.1) is 0 Å². The lowest BCUT2D eigenvalue weighted by Gasteiger charge is -2.23. The first-order valence-electron chi connectivity index (χ1n) is 8.75. The molecule has 0 saturated carbocycles. The number of nitrogens with zero attached hydrogens (tertiary/aromatic N) is 4. The Bertz CT molecular complexity index is 743. The van der Waals surface area contributed by atoms with Crippen LogP contribution in [0, 0.1) is 13.8 Å². The lowest BCUT2D eigenvalue weighted by Crippen LogP contribution is -2.40. The highest BCUT2D eigenvalue weighted by Crippen LogP contribution is 2.20. The van der Waals surface area contributed by atoms with E-state index in [1.807, 2.05) is 33.8 Å². The zero-order chi connectivity index (χ0) is 18.0. The van der Waals surface area contributed by atoms with Crippen LogP contribution in [0.4, 0.5) is 0 Å². The second kappa shape index (κ2) is 7.31. The Hall–Kier alpha value is -2.28. The second-order valence-electron chi connectivity index (χ2n) is 6.87. The molecule has 0 radical (unpaired) electrons. The van der Waals surface area contributed by atoms with E-state index < -0.39 is 0 Å². The zero-order valence-electron chi connectivity index (χ0n) is 15.2. The van der Waals surface area contributed by atoms with Crippen LogP contribution in [0.3, 0.4) is 0 Å². The molecule has 7 nitrogen and oxygen atoms in total. The molecule has 0 spiro atoms. The van der Waals surface area contributed by atoms with Crippen LogP contribution in [-0.2, 0) is 4.74 Å². The molecule has 0 aromatic carbocycles. The molecule has 3 heterocycles. The highest BCUT2D eigenvalue weighted by molar-refractivity contribution is 5.95. The van der Waals surface area contributed by atoms with Crippen molar-refractivity contribution in [2.24, 2.45) is 0 Å². The third-order valence-electron chi connectivity index (χ3n) is 4.21. The van der Waals surface area contributed by atoms with Crippen LogP contribution in [0.15, 0.2) is 12.3 Å². The van der Waals surface area contributed by atoms with Gasteiger partial charge in [0.1, 0.15) is 0 Å². The SMILES string of the molecule is Cc1cc(C)nc(-n2cc(C(=O)N[C@H]3CCCOC3)c(C(C)C)n2)n1. The molecule has 1 aliphatic heterocycles. The molecule has 25 heavy (non-hydrogen) atoms. The molecule has 1 saturated heterocycles. The molecule has 0 bridgehead atoms. The van der Waals surface area contributed by atoms with Crippen LogP contribution in [-0.4, -0.2) is 44.9 Å². The van der Waals surface area contributed by atoms with Crippen LogP contribution in [0.2, 0.25) is 0 Å². The largest absolute Gasteiger partial charge is 0.379 e. The van der Waals surface area contributed by atoms with Gasteiger partial charge in [-0.1, -0.05) is 13.8 Å². The van der Waals surface area contributed by atoms with E-state index >= 15 is 0 Å². The van der Waals surface area contributed by atoms with E-state index in [-0.39, 0.29) is 17.9 Å². The number of aromatic nitrogens is 4. The van der Waals surface area contributed by atoms with Crippen molar-refractivity contribution >= 4 is 5.91 Å². The van der Waals surface area contributed by atoms with Crippen molar-refractivity contribution in [2.75, 3.05) is 13.2 Å². The summed E-state index contributed by atoms with van der Waals surface area (Å²) in [4.78, 5) is 21.6. The van der Waals surface area contributed by atoms with Gasteiger partial charge in [-0.3, -0.25) is 4.79 Å². The molecule has 1 amide bonds. The fraction of sp³-hybridized carbons (Fsp3) is 0.556. The number of ether oxygens (including phenoxy) is 1. The molecule has 1 fully saturated rings. The van der Waals surface area contributed by atoms with Crippen molar-refractivity contribution in [3.63, 3.8) is 0 Å². The minimum atomic E-state index is -0.116. The number of hydrogen-bond donors (Lipinski definition) is 1. The summed E-state index contributed by atoms with van der Waals surface area (Å²) in [7, 11) is 0. The summed E-state index contributed by atoms with van der Waals surface area (Å²) in [6.07, 6.45) is 3.64. The monoisotopic (exact) mass is 343 g/mol. The van der Waals surface area contributed by atoms with Gasteiger partial charge in [-0.05, 0) is 38.7 Å². The van der Waals surface area contributed by atoms with Gasteiger partial charge < -0.3 is 10.1 Å². The van der Waals surface area contributed by atoms with E-state index in [4.69, 9.17) is 4.74 Å². The van der Waals surface area contributed by atoms with Gasteiger partial charge in [0.2, 0.25) is 0 Å². The number of nitrogens with one attached hydrogen (secondary N) is 1. The van der Waals surface area contributed by atoms with Crippen molar-refractivity contribution < 1.29 is 9.53 Å². The van der Waals surface area contributed by atoms with Crippen molar-refractivity contribution in [1.29, 1.82) is 0 Å². The summed E-state index contributed by atoms with van der Waals surface area (Å²) in [5, 5.41) is 7.64. The van der Waals surface area contributed by atoms with Crippen molar-refractivity contribution in [2.45, 2.75) is 52.5 Å². The van der Waals surface area contributed by atoms with Gasteiger partial charge in [0.05, 0.1) is 23.9 Å². The summed E-state index contributed by atoms with van der Waals surface area (Å²) in [6, 6.07) is 1.97. The fourth-order valence-electron chi connectivity index (χ4n) is 3.02. The van der Waals surface area contributed by atoms with Gasteiger partial charge >= 0.3 is 0 Å². The number of carbonyl (C=O) groups excluding carboxylic acids is 1. The van der Waals surface area contributed by atoms with Gasteiger partial charge in [0, 0.05) is 24.2 Å². The lowest BCUT2D eigenvalue weighted by molar-refractivity contribution is 0.0623. The first-order valence-corrected chi connectivity index (χ1v) is 8.75. The van der Waals surface area contributed by atoms with E-state index in [1.54, 1.807) is 10.9 Å².